The summed E-state index contributed by atoms with van der Waals surface area (Å²) >= 11 is 0. The lowest BCUT2D eigenvalue weighted by molar-refractivity contribution is -0.114. The molecular weight excluding hydrogens is 374 g/mol. The Bertz CT molecular complexity index is 925. The molecule has 5 heteroatoms. The Morgan fingerprint density at radius 2 is 1.50 bits per heavy atom. The van der Waals surface area contributed by atoms with Gasteiger partial charge < -0.3 is 4.90 Å². The maximum absolute atomic E-state index is 12.6. The Morgan fingerprint density at radius 1 is 0.833 bits per heavy atom. The molecule has 4 rings (SSSR count). The molecule has 0 unspecified atom stereocenters. The highest BCUT2D eigenvalue weighted by Crippen LogP contribution is 2.33. The van der Waals surface area contributed by atoms with Crippen LogP contribution in [0.25, 0.3) is 0 Å². The fourth-order valence-corrected chi connectivity index (χ4v) is 4.24. The van der Waals surface area contributed by atoms with Crippen LogP contribution in [0.3, 0.4) is 0 Å². The van der Waals surface area contributed by atoms with Crippen LogP contribution in [0.4, 0.5) is 5.69 Å². The Balaban J connectivity index is 1.34. The fraction of sp³-hybridized carbons (Fsp3) is 0.440. The normalized spacial score (nSPS) is 18.2. The third-order valence-corrected chi connectivity index (χ3v) is 6.19. The maximum atomic E-state index is 12.6. The van der Waals surface area contributed by atoms with E-state index >= 15 is 0 Å². The van der Waals surface area contributed by atoms with E-state index in [1.54, 1.807) is 4.90 Å². The van der Waals surface area contributed by atoms with Gasteiger partial charge in [-0.05, 0) is 28.7 Å². The summed E-state index contributed by atoms with van der Waals surface area (Å²) < 4.78 is 0. The van der Waals surface area contributed by atoms with E-state index in [2.05, 4.69) is 54.8 Å². The minimum Gasteiger partial charge on any atom is -0.303 e. The molecule has 30 heavy (non-hydrogen) atoms. The van der Waals surface area contributed by atoms with Gasteiger partial charge in [0.2, 0.25) is 0 Å². The van der Waals surface area contributed by atoms with Crippen LogP contribution in [0.2, 0.25) is 0 Å². The summed E-state index contributed by atoms with van der Waals surface area (Å²) in [6.45, 7) is 12.7. The summed E-state index contributed by atoms with van der Waals surface area (Å²) in [5.74, 6) is -0.762. The number of fused-ring (bicyclic) bond motifs is 1. The Kier molecular flexibility index (Phi) is 5.76. The molecule has 0 N–H and O–H groups in total. The summed E-state index contributed by atoms with van der Waals surface area (Å²) in [5, 5.41) is 0. The number of benzene rings is 2. The van der Waals surface area contributed by atoms with Gasteiger partial charge in [0, 0.05) is 45.8 Å². The number of piperazine rings is 1. The average Bonchev–Trinajstić information content (AvgIpc) is 2.97. The van der Waals surface area contributed by atoms with Crippen LogP contribution >= 0.6 is 0 Å². The third-order valence-electron chi connectivity index (χ3n) is 6.19. The molecule has 1 saturated heterocycles. The number of carbonyl (C=O) groups excluding carboxylic acids is 2. The van der Waals surface area contributed by atoms with E-state index < -0.39 is 5.91 Å². The first-order valence-corrected chi connectivity index (χ1v) is 10.8. The van der Waals surface area contributed by atoms with E-state index in [9.17, 15) is 9.59 Å². The van der Waals surface area contributed by atoms with Gasteiger partial charge in [0.15, 0.2) is 0 Å². The first-order chi connectivity index (χ1) is 14.3. The Morgan fingerprint density at radius 3 is 2.17 bits per heavy atom. The Hall–Kier alpha value is -2.50. The SMILES string of the molecule is CC(C)(C)c1ccc2c(c1)C(=O)C(=O)N2CCN1CCN(Cc2ccccc2)CC1. The lowest BCUT2D eigenvalue weighted by atomic mass is 9.86. The van der Waals surface area contributed by atoms with Crippen molar-refractivity contribution >= 4 is 17.4 Å². The molecule has 0 radical (unpaired) electrons. The van der Waals surface area contributed by atoms with E-state index in [0.717, 1.165) is 50.5 Å². The number of Topliss-reactive ketones (excluding diaryl/α,β-unsaturated/α-hetero) is 1. The van der Waals surface area contributed by atoms with Crippen LogP contribution < -0.4 is 4.90 Å². The van der Waals surface area contributed by atoms with Crippen molar-refractivity contribution in [1.29, 1.82) is 0 Å². The van der Waals surface area contributed by atoms with Crippen LogP contribution in [0.15, 0.2) is 48.5 Å². The number of amides is 1. The van der Waals surface area contributed by atoms with Gasteiger partial charge in [-0.25, -0.2) is 0 Å². The second-order valence-electron chi connectivity index (χ2n) is 9.37. The molecule has 2 aliphatic heterocycles. The highest BCUT2D eigenvalue weighted by Gasteiger charge is 2.36. The monoisotopic (exact) mass is 405 g/mol. The van der Waals surface area contributed by atoms with Gasteiger partial charge in [-0.15, -0.1) is 0 Å². The van der Waals surface area contributed by atoms with Crippen molar-refractivity contribution in [3.05, 3.63) is 65.2 Å². The van der Waals surface area contributed by atoms with Crippen molar-refractivity contribution < 1.29 is 9.59 Å². The zero-order chi connectivity index (χ0) is 21.3. The molecule has 0 atom stereocenters. The summed E-state index contributed by atoms with van der Waals surface area (Å²) in [6.07, 6.45) is 0. The van der Waals surface area contributed by atoms with E-state index in [0.29, 0.717) is 12.1 Å². The van der Waals surface area contributed by atoms with E-state index in [1.807, 2.05) is 24.3 Å². The van der Waals surface area contributed by atoms with Crippen molar-refractivity contribution in [1.82, 2.24) is 9.80 Å². The first-order valence-electron chi connectivity index (χ1n) is 10.8. The third kappa shape index (κ3) is 4.32. The summed E-state index contributed by atoms with van der Waals surface area (Å²) in [4.78, 5) is 31.7. The summed E-state index contributed by atoms with van der Waals surface area (Å²) in [5.41, 5.74) is 3.70. The van der Waals surface area contributed by atoms with Gasteiger partial charge in [0.1, 0.15) is 0 Å². The van der Waals surface area contributed by atoms with Crippen molar-refractivity contribution in [3.63, 3.8) is 0 Å². The summed E-state index contributed by atoms with van der Waals surface area (Å²) in [6, 6.07) is 16.4. The van der Waals surface area contributed by atoms with Gasteiger partial charge in [-0.3, -0.25) is 19.4 Å². The van der Waals surface area contributed by atoms with Gasteiger partial charge in [-0.2, -0.15) is 0 Å². The first kappa shape index (κ1) is 20.8. The number of hydrogen-bond donors (Lipinski definition) is 0. The van der Waals surface area contributed by atoms with Crippen LogP contribution in [0, 0.1) is 0 Å². The van der Waals surface area contributed by atoms with Crippen molar-refractivity contribution in [2.24, 2.45) is 0 Å². The lowest BCUT2D eigenvalue weighted by Gasteiger charge is -2.35. The van der Waals surface area contributed by atoms with E-state index in [-0.39, 0.29) is 11.2 Å². The molecule has 158 valence electrons. The molecule has 1 amide bonds. The average molecular weight is 406 g/mol. The highest BCUT2D eigenvalue weighted by molar-refractivity contribution is 6.52. The molecular formula is C25H31N3O2. The van der Waals surface area contributed by atoms with Gasteiger partial charge in [0.05, 0.1) is 11.3 Å². The predicted octanol–water partition coefficient (Wildman–Crippen LogP) is 3.33. The molecule has 0 aliphatic carbocycles. The standard InChI is InChI=1S/C25H31N3O2/c1-25(2,3)20-9-10-22-21(17-20)23(29)24(30)28(22)16-15-26-11-13-27(14-12-26)18-19-7-5-4-6-8-19/h4-10,17H,11-16,18H2,1-3H3. The molecule has 0 aromatic heterocycles. The second kappa shape index (κ2) is 8.32. The number of rotatable bonds is 5. The molecule has 2 aromatic carbocycles. The van der Waals surface area contributed by atoms with Crippen LogP contribution in [-0.4, -0.2) is 60.8 Å². The van der Waals surface area contributed by atoms with Gasteiger partial charge >= 0.3 is 0 Å². The summed E-state index contributed by atoms with van der Waals surface area (Å²) in [7, 11) is 0. The zero-order valence-corrected chi connectivity index (χ0v) is 18.2. The fourth-order valence-electron chi connectivity index (χ4n) is 4.24. The molecule has 2 aromatic rings. The van der Waals surface area contributed by atoms with Crippen molar-refractivity contribution in [3.8, 4) is 0 Å². The van der Waals surface area contributed by atoms with Crippen molar-refractivity contribution in [2.45, 2.75) is 32.7 Å². The number of carbonyl (C=O) groups is 2. The number of hydrogen-bond acceptors (Lipinski definition) is 4. The van der Waals surface area contributed by atoms with Crippen LogP contribution in [0.5, 0.6) is 0 Å². The number of anilines is 1. The molecule has 2 aliphatic rings. The topological polar surface area (TPSA) is 43.9 Å². The lowest BCUT2D eigenvalue weighted by Crippen LogP contribution is -2.48. The highest BCUT2D eigenvalue weighted by atomic mass is 16.2. The largest absolute Gasteiger partial charge is 0.303 e. The molecule has 5 nitrogen and oxygen atoms in total. The van der Waals surface area contributed by atoms with E-state index in [4.69, 9.17) is 0 Å². The predicted molar refractivity (Wildman–Crippen MR) is 120 cm³/mol. The van der Waals surface area contributed by atoms with Crippen LogP contribution in [0.1, 0.15) is 42.3 Å². The molecule has 0 spiro atoms. The Labute approximate surface area is 179 Å². The smallest absolute Gasteiger partial charge is 0.299 e. The van der Waals surface area contributed by atoms with Gasteiger partial charge in [-0.1, -0.05) is 57.2 Å². The second-order valence-corrected chi connectivity index (χ2v) is 9.37. The van der Waals surface area contributed by atoms with Crippen LogP contribution in [-0.2, 0) is 16.8 Å². The maximum Gasteiger partial charge on any atom is 0.299 e. The minimum absolute atomic E-state index is 0.0504. The quantitative estimate of drug-likeness (QED) is 0.716. The number of nitrogens with zero attached hydrogens (tertiary/aromatic N) is 3. The molecule has 0 saturated carbocycles. The van der Waals surface area contributed by atoms with E-state index in [1.165, 1.54) is 5.56 Å². The molecule has 2 heterocycles. The minimum atomic E-state index is -0.390. The zero-order valence-electron chi connectivity index (χ0n) is 18.2. The molecule has 0 bridgehead atoms. The molecule has 1 fully saturated rings. The van der Waals surface area contributed by atoms with Gasteiger partial charge in [0.25, 0.3) is 11.7 Å². The number of ketones is 1. The van der Waals surface area contributed by atoms with Crippen molar-refractivity contribution in [2.75, 3.05) is 44.2 Å².